The Morgan fingerprint density at radius 2 is 2.09 bits per heavy atom. The van der Waals surface area contributed by atoms with Gasteiger partial charge < -0.3 is 10.1 Å². The van der Waals surface area contributed by atoms with E-state index in [1.54, 1.807) is 0 Å². The molecule has 0 radical (unpaired) electrons. The molecule has 1 fully saturated rings. The molecule has 0 spiro atoms. The molecule has 1 heterocycles. The van der Waals surface area contributed by atoms with E-state index in [-0.39, 0.29) is 35.0 Å². The lowest BCUT2D eigenvalue weighted by Crippen LogP contribution is -2.31. The van der Waals surface area contributed by atoms with Crippen molar-refractivity contribution in [3.05, 3.63) is 28.8 Å². The molecule has 23 heavy (non-hydrogen) atoms. The SMILES string of the molecule is COC(=O)CNC(=O)c1ccc(N2C(=O)CCS2(=O)=O)cc1Cl. The average molecular weight is 361 g/mol. The Labute approximate surface area is 137 Å². The number of benzene rings is 1. The van der Waals surface area contributed by atoms with Crippen molar-refractivity contribution in [2.45, 2.75) is 6.42 Å². The highest BCUT2D eigenvalue weighted by molar-refractivity contribution is 7.94. The summed E-state index contributed by atoms with van der Waals surface area (Å²) >= 11 is 5.98. The van der Waals surface area contributed by atoms with Crippen LogP contribution in [0, 0.1) is 0 Å². The molecule has 0 aromatic heterocycles. The lowest BCUT2D eigenvalue weighted by molar-refractivity contribution is -0.139. The van der Waals surface area contributed by atoms with Crippen molar-refractivity contribution < 1.29 is 27.5 Å². The van der Waals surface area contributed by atoms with Crippen molar-refractivity contribution in [3.8, 4) is 0 Å². The first-order valence-electron chi connectivity index (χ1n) is 6.46. The molecule has 1 aromatic carbocycles. The fourth-order valence-corrected chi connectivity index (χ4v) is 3.72. The molecule has 0 unspecified atom stereocenters. The summed E-state index contributed by atoms with van der Waals surface area (Å²) in [5, 5.41) is 2.27. The molecule has 1 aliphatic rings. The van der Waals surface area contributed by atoms with Crippen LogP contribution in [-0.4, -0.2) is 45.6 Å². The maximum absolute atomic E-state index is 11.9. The number of halogens is 1. The van der Waals surface area contributed by atoms with Crippen molar-refractivity contribution in [2.24, 2.45) is 0 Å². The Kier molecular flexibility index (Phi) is 4.90. The summed E-state index contributed by atoms with van der Waals surface area (Å²) in [7, 11) is -2.52. The number of sulfonamides is 1. The molecule has 0 bridgehead atoms. The Morgan fingerprint density at radius 1 is 1.39 bits per heavy atom. The Bertz CT molecular complexity index is 777. The number of hydrogen-bond acceptors (Lipinski definition) is 6. The normalized spacial score (nSPS) is 16.3. The second-order valence-electron chi connectivity index (χ2n) is 4.65. The number of carbonyl (C=O) groups is 3. The third-order valence-electron chi connectivity index (χ3n) is 3.13. The van der Waals surface area contributed by atoms with Crippen LogP contribution in [0.3, 0.4) is 0 Å². The first-order valence-corrected chi connectivity index (χ1v) is 8.45. The summed E-state index contributed by atoms with van der Waals surface area (Å²) in [4.78, 5) is 34.6. The minimum Gasteiger partial charge on any atom is -0.468 e. The summed E-state index contributed by atoms with van der Waals surface area (Å²) in [6.07, 6.45) is -0.0959. The van der Waals surface area contributed by atoms with Crippen LogP contribution in [0.5, 0.6) is 0 Å². The average Bonchev–Trinajstić information content (AvgIpc) is 2.77. The molecule has 8 nitrogen and oxygen atoms in total. The van der Waals surface area contributed by atoms with Crippen molar-refractivity contribution in [2.75, 3.05) is 23.7 Å². The van der Waals surface area contributed by atoms with E-state index in [2.05, 4.69) is 10.1 Å². The van der Waals surface area contributed by atoms with Gasteiger partial charge in [-0.2, -0.15) is 0 Å². The zero-order chi connectivity index (χ0) is 17.2. The number of anilines is 1. The molecule has 1 aliphatic heterocycles. The Morgan fingerprint density at radius 3 is 2.61 bits per heavy atom. The zero-order valence-electron chi connectivity index (χ0n) is 12.0. The van der Waals surface area contributed by atoms with Crippen LogP contribution in [0.2, 0.25) is 5.02 Å². The van der Waals surface area contributed by atoms with E-state index in [1.807, 2.05) is 0 Å². The Hall–Kier alpha value is -2.13. The number of ether oxygens (including phenoxy) is 1. The molecule has 1 N–H and O–H groups in total. The summed E-state index contributed by atoms with van der Waals surface area (Å²) in [6.45, 7) is -0.327. The number of rotatable bonds is 4. The van der Waals surface area contributed by atoms with Crippen LogP contribution in [0.4, 0.5) is 5.69 Å². The predicted octanol–water partition coefficient (Wildman–Crippen LogP) is 0.309. The largest absolute Gasteiger partial charge is 0.468 e. The van der Waals surface area contributed by atoms with Gasteiger partial charge in [-0.15, -0.1) is 0 Å². The summed E-state index contributed by atoms with van der Waals surface area (Å²) in [5.41, 5.74) is 0.116. The first kappa shape index (κ1) is 17.2. The van der Waals surface area contributed by atoms with Crippen LogP contribution >= 0.6 is 11.6 Å². The predicted molar refractivity (Wildman–Crippen MR) is 81.7 cm³/mol. The van der Waals surface area contributed by atoms with E-state index in [4.69, 9.17) is 11.6 Å². The van der Waals surface area contributed by atoms with Crippen LogP contribution in [0.15, 0.2) is 18.2 Å². The molecule has 1 saturated heterocycles. The smallest absolute Gasteiger partial charge is 0.325 e. The van der Waals surface area contributed by atoms with Gasteiger partial charge in [-0.1, -0.05) is 11.6 Å². The van der Waals surface area contributed by atoms with Crippen molar-refractivity contribution in [1.82, 2.24) is 5.32 Å². The second kappa shape index (κ2) is 6.55. The van der Waals surface area contributed by atoms with E-state index in [1.165, 1.54) is 25.3 Å². The van der Waals surface area contributed by atoms with E-state index >= 15 is 0 Å². The number of nitrogens with one attached hydrogen (secondary N) is 1. The first-order chi connectivity index (χ1) is 10.8. The molecular weight excluding hydrogens is 348 g/mol. The van der Waals surface area contributed by atoms with Crippen molar-refractivity contribution in [1.29, 1.82) is 0 Å². The molecule has 0 saturated carbocycles. The number of carbonyl (C=O) groups excluding carboxylic acids is 3. The van der Waals surface area contributed by atoms with Gasteiger partial charge in [0.05, 0.1) is 29.1 Å². The Balaban J connectivity index is 2.23. The summed E-state index contributed by atoms with van der Waals surface area (Å²) in [5.74, 6) is -2.06. The quantitative estimate of drug-likeness (QED) is 0.774. The number of nitrogens with zero attached hydrogens (tertiary/aromatic N) is 1. The van der Waals surface area contributed by atoms with E-state index in [9.17, 15) is 22.8 Å². The minimum absolute atomic E-state index is 0.0419. The third-order valence-corrected chi connectivity index (χ3v) is 5.13. The van der Waals surface area contributed by atoms with Crippen molar-refractivity contribution in [3.63, 3.8) is 0 Å². The van der Waals surface area contributed by atoms with Gasteiger partial charge in [0.15, 0.2) is 0 Å². The van der Waals surface area contributed by atoms with Gasteiger partial charge in [0.25, 0.3) is 5.91 Å². The number of esters is 1. The van der Waals surface area contributed by atoms with E-state index < -0.39 is 27.8 Å². The zero-order valence-corrected chi connectivity index (χ0v) is 13.6. The molecule has 2 amide bonds. The fourth-order valence-electron chi connectivity index (χ4n) is 2.00. The van der Waals surface area contributed by atoms with Crippen LogP contribution in [0.1, 0.15) is 16.8 Å². The van der Waals surface area contributed by atoms with E-state index in [0.717, 1.165) is 0 Å². The van der Waals surface area contributed by atoms with Crippen LogP contribution in [0.25, 0.3) is 0 Å². The van der Waals surface area contributed by atoms with Gasteiger partial charge >= 0.3 is 5.97 Å². The van der Waals surface area contributed by atoms with Crippen molar-refractivity contribution >= 4 is 45.1 Å². The molecule has 124 valence electrons. The monoisotopic (exact) mass is 360 g/mol. The topological polar surface area (TPSA) is 110 Å². The number of hydrogen-bond donors (Lipinski definition) is 1. The molecule has 2 rings (SSSR count). The molecular formula is C13H13ClN2O6S. The number of methoxy groups -OCH3 is 1. The van der Waals surface area contributed by atoms with Gasteiger partial charge in [-0.25, -0.2) is 12.7 Å². The third kappa shape index (κ3) is 3.62. The van der Waals surface area contributed by atoms with Gasteiger partial charge in [0.1, 0.15) is 6.54 Å². The van der Waals surface area contributed by atoms with Crippen LogP contribution < -0.4 is 9.62 Å². The van der Waals surface area contributed by atoms with Gasteiger partial charge in [0.2, 0.25) is 15.9 Å². The molecule has 0 atom stereocenters. The molecule has 0 aliphatic carbocycles. The van der Waals surface area contributed by atoms with Gasteiger partial charge in [-0.3, -0.25) is 14.4 Å². The fraction of sp³-hybridized carbons (Fsp3) is 0.308. The summed E-state index contributed by atoms with van der Waals surface area (Å²) < 4.78 is 28.8. The lowest BCUT2D eigenvalue weighted by Gasteiger charge is -2.16. The van der Waals surface area contributed by atoms with Gasteiger partial charge in [-0.05, 0) is 18.2 Å². The highest BCUT2D eigenvalue weighted by Gasteiger charge is 2.36. The molecule has 1 aromatic rings. The van der Waals surface area contributed by atoms with Gasteiger partial charge in [0, 0.05) is 6.42 Å². The lowest BCUT2D eigenvalue weighted by atomic mass is 10.2. The van der Waals surface area contributed by atoms with Crippen LogP contribution in [-0.2, 0) is 24.3 Å². The highest BCUT2D eigenvalue weighted by Crippen LogP contribution is 2.29. The standard InChI is InChI=1S/C13H13ClN2O6S/c1-22-12(18)7-15-13(19)9-3-2-8(6-10(9)14)16-11(17)4-5-23(16,20)21/h2-3,6H,4-5,7H2,1H3,(H,15,19). The minimum atomic E-state index is -3.70. The number of amides is 2. The maximum atomic E-state index is 11.9. The molecule has 10 heteroatoms. The second-order valence-corrected chi connectivity index (χ2v) is 6.99. The maximum Gasteiger partial charge on any atom is 0.325 e. The summed E-state index contributed by atoms with van der Waals surface area (Å²) in [6, 6.07) is 3.81. The van der Waals surface area contributed by atoms with E-state index in [0.29, 0.717) is 4.31 Å². The highest BCUT2D eigenvalue weighted by atomic mass is 35.5.